The molecule has 9 heteroatoms. The smallest absolute Gasteiger partial charge is 0.253 e. The number of rotatable bonds is 8. The van der Waals surface area contributed by atoms with Crippen molar-refractivity contribution < 1.29 is 27.4 Å². The van der Waals surface area contributed by atoms with Crippen molar-refractivity contribution >= 4 is 15.9 Å². The van der Waals surface area contributed by atoms with Gasteiger partial charge < -0.3 is 19.1 Å². The maximum absolute atomic E-state index is 13.2. The second-order valence-corrected chi connectivity index (χ2v) is 9.94. The zero-order valence-electron chi connectivity index (χ0n) is 19.7. The number of ether oxygens (including phenoxy) is 3. The van der Waals surface area contributed by atoms with Crippen molar-refractivity contribution in [1.29, 1.82) is 0 Å². The fourth-order valence-corrected chi connectivity index (χ4v) is 5.62. The highest BCUT2D eigenvalue weighted by atomic mass is 32.2. The number of nitrogens with zero attached hydrogens (tertiary/aromatic N) is 2. The average molecular weight is 477 g/mol. The predicted molar refractivity (Wildman–Crippen MR) is 126 cm³/mol. The van der Waals surface area contributed by atoms with Gasteiger partial charge in [0, 0.05) is 37.8 Å². The summed E-state index contributed by atoms with van der Waals surface area (Å²) in [6.07, 6.45) is 3.78. The molecule has 1 aliphatic heterocycles. The lowest BCUT2D eigenvalue weighted by molar-refractivity contribution is 0.0783. The van der Waals surface area contributed by atoms with Gasteiger partial charge in [-0.2, -0.15) is 4.31 Å². The van der Waals surface area contributed by atoms with Gasteiger partial charge in [-0.05, 0) is 43.2 Å². The summed E-state index contributed by atoms with van der Waals surface area (Å²) < 4.78 is 44.1. The first-order valence-corrected chi connectivity index (χ1v) is 12.4. The molecule has 0 unspecified atom stereocenters. The fraction of sp³-hybridized carbons (Fsp3) is 0.458. The monoisotopic (exact) mass is 476 g/mol. The molecule has 1 fully saturated rings. The highest BCUT2D eigenvalue weighted by Gasteiger charge is 2.26. The molecule has 0 saturated carbocycles. The molecule has 0 atom stereocenters. The Bertz CT molecular complexity index is 1080. The quantitative estimate of drug-likeness (QED) is 0.579. The van der Waals surface area contributed by atoms with Crippen molar-refractivity contribution in [2.75, 3.05) is 41.5 Å². The molecule has 2 aromatic rings. The molecule has 0 spiro atoms. The first kappa shape index (κ1) is 24.9. The second-order valence-electron chi connectivity index (χ2n) is 8.00. The van der Waals surface area contributed by atoms with Crippen molar-refractivity contribution in [3.8, 4) is 17.2 Å². The summed E-state index contributed by atoms with van der Waals surface area (Å²) in [7, 11) is 2.61. The molecule has 0 bridgehead atoms. The van der Waals surface area contributed by atoms with Crippen LogP contribution < -0.4 is 14.2 Å². The molecule has 1 aliphatic rings. The molecule has 33 heavy (non-hydrogen) atoms. The van der Waals surface area contributed by atoms with Crippen molar-refractivity contribution in [3.63, 3.8) is 0 Å². The Kier molecular flexibility index (Phi) is 8.20. The molecule has 180 valence electrons. The van der Waals surface area contributed by atoms with Crippen molar-refractivity contribution in [2.45, 2.75) is 37.1 Å². The maximum atomic E-state index is 13.2. The van der Waals surface area contributed by atoms with E-state index < -0.39 is 10.0 Å². The van der Waals surface area contributed by atoms with E-state index >= 15 is 0 Å². The van der Waals surface area contributed by atoms with Crippen LogP contribution in [0.4, 0.5) is 0 Å². The van der Waals surface area contributed by atoms with Crippen LogP contribution >= 0.6 is 0 Å². The lowest BCUT2D eigenvalue weighted by atomic mass is 10.1. The van der Waals surface area contributed by atoms with E-state index in [0.29, 0.717) is 35.9 Å². The molecule has 1 heterocycles. The summed E-state index contributed by atoms with van der Waals surface area (Å²) in [4.78, 5) is 14.8. The van der Waals surface area contributed by atoms with Gasteiger partial charge in [0.2, 0.25) is 15.8 Å². The highest BCUT2D eigenvalue weighted by molar-refractivity contribution is 7.89. The van der Waals surface area contributed by atoms with E-state index in [1.54, 1.807) is 38.4 Å². The molecule has 1 saturated heterocycles. The van der Waals surface area contributed by atoms with Crippen LogP contribution in [0.1, 0.15) is 41.6 Å². The van der Waals surface area contributed by atoms with Crippen LogP contribution in [0.3, 0.4) is 0 Å². The van der Waals surface area contributed by atoms with Crippen LogP contribution in [0.2, 0.25) is 0 Å². The Labute approximate surface area is 196 Å². The minimum absolute atomic E-state index is 0.146. The molecule has 3 rings (SSSR count). The van der Waals surface area contributed by atoms with E-state index in [9.17, 15) is 13.2 Å². The Morgan fingerprint density at radius 1 is 0.939 bits per heavy atom. The topological polar surface area (TPSA) is 85.4 Å². The van der Waals surface area contributed by atoms with E-state index in [2.05, 4.69) is 0 Å². The van der Waals surface area contributed by atoms with Gasteiger partial charge in [-0.15, -0.1) is 0 Å². The largest absolute Gasteiger partial charge is 0.493 e. The molecule has 0 aliphatic carbocycles. The zero-order chi connectivity index (χ0) is 24.0. The first-order valence-electron chi connectivity index (χ1n) is 11.0. The summed E-state index contributed by atoms with van der Waals surface area (Å²) in [5.41, 5.74) is 1.05. The summed E-state index contributed by atoms with van der Waals surface area (Å²) in [6.45, 7) is 1.27. The van der Waals surface area contributed by atoms with Gasteiger partial charge in [0.05, 0.1) is 26.2 Å². The molecule has 0 N–H and O–H groups in total. The molecule has 0 radical (unpaired) electrons. The first-order chi connectivity index (χ1) is 15.8. The van der Waals surface area contributed by atoms with Crippen LogP contribution in [0, 0.1) is 0 Å². The molecule has 2 aromatic carbocycles. The van der Waals surface area contributed by atoms with Crippen molar-refractivity contribution in [2.24, 2.45) is 0 Å². The Morgan fingerprint density at radius 3 is 2.21 bits per heavy atom. The van der Waals surface area contributed by atoms with Crippen LogP contribution in [0.5, 0.6) is 17.2 Å². The highest BCUT2D eigenvalue weighted by Crippen LogP contribution is 2.40. The SMILES string of the molecule is COc1ccc(CN(C)C(=O)c2cccc(S(=O)(=O)N3CCCCCC3)c2)c(OC)c1OC. The van der Waals surface area contributed by atoms with Crippen LogP contribution in [0.25, 0.3) is 0 Å². The van der Waals surface area contributed by atoms with Gasteiger partial charge in [-0.25, -0.2) is 8.42 Å². The fourth-order valence-electron chi connectivity index (χ4n) is 4.06. The van der Waals surface area contributed by atoms with Crippen molar-refractivity contribution in [1.82, 2.24) is 9.21 Å². The maximum Gasteiger partial charge on any atom is 0.253 e. The van der Waals surface area contributed by atoms with E-state index in [-0.39, 0.29) is 17.3 Å². The number of amides is 1. The third-order valence-electron chi connectivity index (χ3n) is 5.82. The number of benzene rings is 2. The lowest BCUT2D eigenvalue weighted by Gasteiger charge is -2.22. The van der Waals surface area contributed by atoms with Gasteiger partial charge in [0.1, 0.15) is 0 Å². The second kappa shape index (κ2) is 10.9. The number of hydrogen-bond acceptors (Lipinski definition) is 6. The standard InChI is InChI=1S/C24H32N2O6S/c1-25(17-19-12-13-21(30-2)23(32-4)22(19)31-3)24(27)18-10-9-11-20(16-18)33(28,29)26-14-7-5-6-8-15-26/h9-13,16H,5-8,14-15,17H2,1-4H3. The average Bonchev–Trinajstić information content (AvgIpc) is 3.13. The van der Waals surface area contributed by atoms with Gasteiger partial charge in [0.15, 0.2) is 11.5 Å². The third-order valence-corrected chi connectivity index (χ3v) is 7.72. The Hall–Kier alpha value is -2.78. The number of carbonyl (C=O) groups excluding carboxylic acids is 1. The molecule has 0 aromatic heterocycles. The molecule has 1 amide bonds. The van der Waals surface area contributed by atoms with Gasteiger partial charge in [-0.3, -0.25) is 4.79 Å². The summed E-state index contributed by atoms with van der Waals surface area (Å²) >= 11 is 0. The summed E-state index contributed by atoms with van der Waals surface area (Å²) in [5, 5.41) is 0. The van der Waals surface area contributed by atoms with Crippen molar-refractivity contribution in [3.05, 3.63) is 47.5 Å². The lowest BCUT2D eigenvalue weighted by Crippen LogP contribution is -2.32. The Morgan fingerprint density at radius 2 is 1.61 bits per heavy atom. The van der Waals surface area contributed by atoms with Gasteiger partial charge >= 0.3 is 0 Å². The Balaban J connectivity index is 1.83. The zero-order valence-corrected chi connectivity index (χ0v) is 20.5. The van der Waals surface area contributed by atoms with Crippen LogP contribution in [0.15, 0.2) is 41.3 Å². The summed E-state index contributed by atoms with van der Waals surface area (Å²) in [5.74, 6) is 1.16. The minimum Gasteiger partial charge on any atom is -0.493 e. The minimum atomic E-state index is -3.64. The number of methoxy groups -OCH3 is 3. The number of sulfonamides is 1. The predicted octanol–water partition coefficient (Wildman–Crippen LogP) is 3.55. The normalized spacial score (nSPS) is 14.9. The van der Waals surface area contributed by atoms with Crippen LogP contribution in [-0.4, -0.2) is 65.0 Å². The summed E-state index contributed by atoms with van der Waals surface area (Å²) in [6, 6.07) is 9.82. The third kappa shape index (κ3) is 5.42. The van der Waals surface area contributed by atoms with E-state index in [1.165, 1.54) is 29.5 Å². The van der Waals surface area contributed by atoms with Gasteiger partial charge in [0.25, 0.3) is 5.91 Å². The molecule has 8 nitrogen and oxygen atoms in total. The molecular weight excluding hydrogens is 444 g/mol. The van der Waals surface area contributed by atoms with E-state index in [1.807, 2.05) is 6.07 Å². The van der Waals surface area contributed by atoms with E-state index in [0.717, 1.165) is 31.2 Å². The molecular formula is C24H32N2O6S. The number of hydrogen-bond donors (Lipinski definition) is 0. The van der Waals surface area contributed by atoms with Gasteiger partial charge in [-0.1, -0.05) is 18.9 Å². The number of carbonyl (C=O) groups is 1. The van der Waals surface area contributed by atoms with E-state index in [4.69, 9.17) is 14.2 Å². The van der Waals surface area contributed by atoms with Crippen LogP contribution in [-0.2, 0) is 16.6 Å².